The first-order valence-electron chi connectivity index (χ1n) is 12.8. The van der Waals surface area contributed by atoms with Crippen molar-refractivity contribution in [3.8, 4) is 16.9 Å². The van der Waals surface area contributed by atoms with Crippen molar-refractivity contribution in [2.75, 3.05) is 25.4 Å². The van der Waals surface area contributed by atoms with Gasteiger partial charge in [0, 0.05) is 46.1 Å². The molecule has 1 atom stereocenters. The number of rotatable bonds is 10. The van der Waals surface area contributed by atoms with Crippen LogP contribution in [0.5, 0.6) is 5.75 Å². The zero-order valence-corrected chi connectivity index (χ0v) is 22.8. The van der Waals surface area contributed by atoms with Crippen molar-refractivity contribution in [3.63, 3.8) is 0 Å². The van der Waals surface area contributed by atoms with Crippen LogP contribution in [0.4, 0.5) is 13.2 Å². The Bertz CT molecular complexity index is 1390. The third kappa shape index (κ3) is 7.16. The largest absolute Gasteiger partial charge is 0.507 e. The molecule has 2 aromatic carbocycles. The van der Waals surface area contributed by atoms with E-state index in [0.29, 0.717) is 18.9 Å². The highest BCUT2D eigenvalue weighted by Crippen LogP contribution is 2.42. The Kier molecular flexibility index (Phi) is 9.64. The molecule has 0 aliphatic carbocycles. The van der Waals surface area contributed by atoms with Gasteiger partial charge < -0.3 is 20.1 Å². The summed E-state index contributed by atoms with van der Waals surface area (Å²) in [6, 6.07) is 7.42. The number of ketones is 1. The van der Waals surface area contributed by atoms with Crippen LogP contribution in [0.25, 0.3) is 22.0 Å². The molecule has 1 unspecified atom stereocenters. The van der Waals surface area contributed by atoms with Crippen molar-refractivity contribution in [2.24, 2.45) is 0 Å². The summed E-state index contributed by atoms with van der Waals surface area (Å²) in [5, 5.41) is 20.2. The number of piperidine rings is 1. The van der Waals surface area contributed by atoms with Gasteiger partial charge in [-0.25, -0.2) is 0 Å². The Balaban J connectivity index is 1.59. The van der Waals surface area contributed by atoms with Crippen molar-refractivity contribution < 1.29 is 28.2 Å². The molecule has 3 aromatic rings. The predicted octanol–water partition coefficient (Wildman–Crippen LogP) is 6.25. The fourth-order valence-corrected chi connectivity index (χ4v) is 6.27. The molecule has 11 heteroatoms. The second-order valence-electron chi connectivity index (χ2n) is 9.71. The van der Waals surface area contributed by atoms with Gasteiger partial charge in [-0.1, -0.05) is 18.0 Å². The number of thioether (sulfide) groups is 1. The lowest BCUT2D eigenvalue weighted by Gasteiger charge is -2.35. The number of aromatic hydroxyl groups is 1. The topological polar surface area (TPSA) is 93.6 Å². The highest BCUT2D eigenvalue weighted by atomic mass is 35.5. The Morgan fingerprint density at radius 3 is 2.72 bits per heavy atom. The highest BCUT2D eigenvalue weighted by Gasteiger charge is 2.31. The molecule has 1 saturated heterocycles. The SMILES string of the molecule is O=C(CCCN1CCCCC1CCO)CSc1c(-c2cc(Cl)ccc2O)c2cc(C(F)(F)F)ccc2[nH]c1=O. The van der Waals surface area contributed by atoms with Crippen LogP contribution < -0.4 is 5.56 Å². The van der Waals surface area contributed by atoms with Gasteiger partial charge in [0.1, 0.15) is 11.5 Å². The van der Waals surface area contributed by atoms with Gasteiger partial charge in [0.2, 0.25) is 0 Å². The number of aromatic nitrogens is 1. The number of alkyl halides is 3. The average molecular weight is 583 g/mol. The van der Waals surface area contributed by atoms with Crippen molar-refractivity contribution in [1.29, 1.82) is 0 Å². The maximum atomic E-state index is 13.5. The molecule has 0 bridgehead atoms. The normalized spacial score (nSPS) is 16.6. The number of aromatic amines is 1. The van der Waals surface area contributed by atoms with Crippen molar-refractivity contribution >= 4 is 40.0 Å². The number of hydrogen-bond donors (Lipinski definition) is 3. The van der Waals surface area contributed by atoms with E-state index in [4.69, 9.17) is 11.6 Å². The zero-order valence-electron chi connectivity index (χ0n) is 21.2. The molecular weight excluding hydrogens is 553 g/mol. The molecular formula is C28H30ClF3N2O4S. The summed E-state index contributed by atoms with van der Waals surface area (Å²) in [6.07, 6.45) is 0.264. The van der Waals surface area contributed by atoms with Crippen LogP contribution in [-0.2, 0) is 11.0 Å². The zero-order chi connectivity index (χ0) is 28.2. The second kappa shape index (κ2) is 12.8. The molecule has 6 nitrogen and oxygen atoms in total. The van der Waals surface area contributed by atoms with Crippen LogP contribution in [-0.4, -0.2) is 57.4 Å². The van der Waals surface area contributed by atoms with Crippen LogP contribution in [0.2, 0.25) is 5.02 Å². The van der Waals surface area contributed by atoms with E-state index in [-0.39, 0.29) is 62.3 Å². The van der Waals surface area contributed by atoms with E-state index in [0.717, 1.165) is 56.2 Å². The number of benzene rings is 2. The van der Waals surface area contributed by atoms with Gasteiger partial charge in [0.15, 0.2) is 0 Å². The summed E-state index contributed by atoms with van der Waals surface area (Å²) in [6.45, 7) is 1.80. The number of aliphatic hydroxyl groups excluding tert-OH is 1. The monoisotopic (exact) mass is 582 g/mol. The third-order valence-electron chi connectivity index (χ3n) is 7.02. The fraction of sp³-hybridized carbons (Fsp3) is 0.429. The number of H-pyrrole nitrogens is 1. The Labute approximate surface area is 233 Å². The molecule has 1 aliphatic heterocycles. The first-order valence-corrected chi connectivity index (χ1v) is 14.2. The van der Waals surface area contributed by atoms with Gasteiger partial charge in [0.05, 0.1) is 16.2 Å². The molecule has 1 aromatic heterocycles. The van der Waals surface area contributed by atoms with Crippen molar-refractivity contribution in [1.82, 2.24) is 9.88 Å². The smallest absolute Gasteiger partial charge is 0.416 e. The molecule has 0 spiro atoms. The summed E-state index contributed by atoms with van der Waals surface area (Å²) >= 11 is 7.08. The Morgan fingerprint density at radius 1 is 1.18 bits per heavy atom. The van der Waals surface area contributed by atoms with Gasteiger partial charge in [0.25, 0.3) is 5.56 Å². The van der Waals surface area contributed by atoms with Gasteiger partial charge in [-0.2, -0.15) is 13.2 Å². The van der Waals surface area contributed by atoms with Gasteiger partial charge in [-0.15, -0.1) is 11.8 Å². The molecule has 1 fully saturated rings. The van der Waals surface area contributed by atoms with Gasteiger partial charge in [-0.3, -0.25) is 9.59 Å². The summed E-state index contributed by atoms with van der Waals surface area (Å²) in [4.78, 5) is 30.8. The fourth-order valence-electron chi connectivity index (χ4n) is 5.10. The van der Waals surface area contributed by atoms with E-state index in [2.05, 4.69) is 9.88 Å². The number of aliphatic hydroxyl groups is 1. The number of phenolic OH excluding ortho intramolecular Hbond substituents is 1. The molecule has 0 radical (unpaired) electrons. The number of pyridine rings is 1. The lowest BCUT2D eigenvalue weighted by Crippen LogP contribution is -2.40. The maximum absolute atomic E-state index is 13.5. The number of phenols is 1. The molecule has 210 valence electrons. The van der Waals surface area contributed by atoms with Crippen LogP contribution >= 0.6 is 23.4 Å². The van der Waals surface area contributed by atoms with E-state index in [1.54, 1.807) is 0 Å². The number of likely N-dealkylation sites (tertiary alicyclic amines) is 1. The Morgan fingerprint density at radius 2 is 1.97 bits per heavy atom. The van der Waals surface area contributed by atoms with E-state index in [1.165, 1.54) is 24.3 Å². The number of hydrogen-bond acceptors (Lipinski definition) is 6. The molecule has 3 N–H and O–H groups in total. The lowest BCUT2D eigenvalue weighted by atomic mass is 9.98. The van der Waals surface area contributed by atoms with Crippen LogP contribution in [0, 0.1) is 0 Å². The molecule has 0 amide bonds. The van der Waals surface area contributed by atoms with Crippen LogP contribution in [0.1, 0.15) is 44.1 Å². The lowest BCUT2D eigenvalue weighted by molar-refractivity contribution is -0.137. The minimum absolute atomic E-state index is 0.0341. The quantitative estimate of drug-likeness (QED) is 0.245. The average Bonchev–Trinajstić information content (AvgIpc) is 2.89. The summed E-state index contributed by atoms with van der Waals surface area (Å²) in [7, 11) is 0. The molecule has 2 heterocycles. The number of halogens is 4. The molecule has 0 saturated carbocycles. The number of nitrogens with zero attached hydrogens (tertiary/aromatic N) is 1. The number of fused-ring (bicyclic) bond motifs is 1. The van der Waals surface area contributed by atoms with E-state index in [1.807, 2.05) is 0 Å². The molecule has 39 heavy (non-hydrogen) atoms. The first-order chi connectivity index (χ1) is 18.6. The molecule has 1 aliphatic rings. The second-order valence-corrected chi connectivity index (χ2v) is 11.1. The van der Waals surface area contributed by atoms with Crippen LogP contribution in [0.3, 0.4) is 0 Å². The first kappa shape index (κ1) is 29.5. The van der Waals surface area contributed by atoms with Crippen molar-refractivity contribution in [3.05, 3.63) is 57.3 Å². The summed E-state index contributed by atoms with van der Waals surface area (Å²) < 4.78 is 40.6. The van der Waals surface area contributed by atoms with Crippen molar-refractivity contribution in [2.45, 2.75) is 55.6 Å². The van der Waals surface area contributed by atoms with E-state index < -0.39 is 17.3 Å². The van der Waals surface area contributed by atoms with Gasteiger partial charge in [-0.05, 0) is 75.2 Å². The summed E-state index contributed by atoms with van der Waals surface area (Å²) in [5.41, 5.74) is -1.12. The Hall–Kier alpha value is -2.53. The number of nitrogens with one attached hydrogen (secondary N) is 1. The molecule has 4 rings (SSSR count). The minimum atomic E-state index is -4.62. The van der Waals surface area contributed by atoms with E-state index >= 15 is 0 Å². The maximum Gasteiger partial charge on any atom is 0.416 e. The standard InChI is InChI=1S/C28H30ClF3N2O4S/c29-18-7-9-24(37)22(15-18)25-21-14-17(28(30,31)32)6-8-23(21)33-27(38)26(25)39-16-20(36)5-3-12-34-11-2-1-4-19(34)10-13-35/h6-9,14-15,19,35,37H,1-5,10-13,16H2,(H,33,38). The van der Waals surface area contributed by atoms with Crippen LogP contribution in [0.15, 0.2) is 46.1 Å². The third-order valence-corrected chi connectivity index (χ3v) is 8.40. The van der Waals surface area contributed by atoms with Gasteiger partial charge >= 0.3 is 6.18 Å². The summed E-state index contributed by atoms with van der Waals surface area (Å²) in [5.74, 6) is -0.404. The minimum Gasteiger partial charge on any atom is -0.507 e. The number of Topliss-reactive ketones (excluding diaryl/α,β-unsaturated/α-hetero) is 1. The van der Waals surface area contributed by atoms with E-state index in [9.17, 15) is 33.0 Å². The number of carbonyl (C=O) groups is 1. The predicted molar refractivity (Wildman–Crippen MR) is 148 cm³/mol. The highest BCUT2D eigenvalue weighted by molar-refractivity contribution is 8.00. The number of carbonyl (C=O) groups excluding carboxylic acids is 1.